The second-order valence-corrected chi connectivity index (χ2v) is 7.29. The van der Waals surface area contributed by atoms with E-state index in [0.717, 1.165) is 12.0 Å². The van der Waals surface area contributed by atoms with Crippen molar-refractivity contribution < 1.29 is 9.53 Å². The number of rotatable bonds is 7. The van der Waals surface area contributed by atoms with E-state index in [4.69, 9.17) is 27.9 Å². The van der Waals surface area contributed by atoms with Crippen molar-refractivity contribution in [3.63, 3.8) is 0 Å². The van der Waals surface area contributed by atoms with Crippen molar-refractivity contribution in [3.05, 3.63) is 33.8 Å². The minimum absolute atomic E-state index is 0.271. The highest BCUT2D eigenvalue weighted by molar-refractivity contribution is 6.34. The molecule has 23 heavy (non-hydrogen) atoms. The van der Waals surface area contributed by atoms with Gasteiger partial charge < -0.3 is 15.0 Å². The maximum Gasteiger partial charge on any atom is 0.410 e. The van der Waals surface area contributed by atoms with Crippen molar-refractivity contribution in [1.82, 2.24) is 10.2 Å². The number of amides is 1. The van der Waals surface area contributed by atoms with E-state index in [9.17, 15) is 4.79 Å². The van der Waals surface area contributed by atoms with Gasteiger partial charge >= 0.3 is 6.09 Å². The molecule has 1 rings (SSSR count). The summed E-state index contributed by atoms with van der Waals surface area (Å²) in [5, 5.41) is 4.54. The van der Waals surface area contributed by atoms with E-state index in [2.05, 4.69) is 5.32 Å². The molecule has 0 atom stereocenters. The van der Waals surface area contributed by atoms with Crippen LogP contribution in [-0.2, 0) is 11.3 Å². The van der Waals surface area contributed by atoms with Crippen LogP contribution in [0.2, 0.25) is 10.0 Å². The largest absolute Gasteiger partial charge is 0.444 e. The first kappa shape index (κ1) is 20.1. The fourth-order valence-corrected chi connectivity index (χ4v) is 2.62. The van der Waals surface area contributed by atoms with Crippen LogP contribution in [0.4, 0.5) is 4.79 Å². The second-order valence-electron chi connectivity index (χ2n) is 6.42. The molecule has 4 nitrogen and oxygen atoms in total. The normalized spacial score (nSPS) is 11.4. The van der Waals surface area contributed by atoms with Crippen LogP contribution in [-0.4, -0.2) is 36.2 Å². The Balaban J connectivity index is 2.45. The van der Waals surface area contributed by atoms with Gasteiger partial charge in [-0.1, -0.05) is 30.1 Å². The van der Waals surface area contributed by atoms with Crippen molar-refractivity contribution in [3.8, 4) is 0 Å². The van der Waals surface area contributed by atoms with Crippen molar-refractivity contribution >= 4 is 29.3 Å². The summed E-state index contributed by atoms with van der Waals surface area (Å²) in [4.78, 5) is 13.9. The van der Waals surface area contributed by atoms with Crippen molar-refractivity contribution in [2.75, 3.05) is 19.6 Å². The third kappa shape index (κ3) is 8.45. The van der Waals surface area contributed by atoms with E-state index in [-0.39, 0.29) is 6.09 Å². The van der Waals surface area contributed by atoms with E-state index in [1.807, 2.05) is 39.8 Å². The Morgan fingerprint density at radius 3 is 2.30 bits per heavy atom. The number of halogens is 2. The molecule has 1 aromatic rings. The van der Waals surface area contributed by atoms with Gasteiger partial charge in [-0.3, -0.25) is 0 Å². The summed E-state index contributed by atoms with van der Waals surface area (Å²) in [7, 11) is 0. The molecule has 0 bridgehead atoms. The molecule has 0 heterocycles. The molecule has 0 aliphatic heterocycles. The number of nitrogens with zero attached hydrogens (tertiary/aromatic N) is 1. The van der Waals surface area contributed by atoms with E-state index in [1.54, 1.807) is 11.0 Å². The van der Waals surface area contributed by atoms with Crippen LogP contribution in [0.3, 0.4) is 0 Å². The summed E-state index contributed by atoms with van der Waals surface area (Å²) < 4.78 is 5.42. The smallest absolute Gasteiger partial charge is 0.410 e. The Labute approximate surface area is 149 Å². The number of hydrogen-bond acceptors (Lipinski definition) is 3. The third-order valence-electron chi connectivity index (χ3n) is 2.96. The van der Waals surface area contributed by atoms with Gasteiger partial charge in [-0.05, 0) is 51.0 Å². The van der Waals surface area contributed by atoms with Gasteiger partial charge in [-0.2, -0.15) is 0 Å². The quantitative estimate of drug-likeness (QED) is 0.714. The minimum Gasteiger partial charge on any atom is -0.444 e. The van der Waals surface area contributed by atoms with Crippen LogP contribution >= 0.6 is 23.2 Å². The maximum atomic E-state index is 12.1. The molecule has 6 heteroatoms. The molecule has 0 saturated heterocycles. The Morgan fingerprint density at radius 2 is 1.78 bits per heavy atom. The number of nitrogens with one attached hydrogen (secondary N) is 1. The van der Waals surface area contributed by atoms with Gasteiger partial charge in [0.15, 0.2) is 0 Å². The van der Waals surface area contributed by atoms with Crippen LogP contribution < -0.4 is 5.32 Å². The van der Waals surface area contributed by atoms with E-state index in [0.29, 0.717) is 36.2 Å². The Bertz CT molecular complexity index is 496. The summed E-state index contributed by atoms with van der Waals surface area (Å²) in [6.07, 6.45) is 0.621. The molecule has 0 fully saturated rings. The summed E-state index contributed by atoms with van der Waals surface area (Å²) in [5.41, 5.74) is 0.537. The first-order chi connectivity index (χ1) is 10.7. The summed E-state index contributed by atoms with van der Waals surface area (Å²) in [5.74, 6) is 0. The molecule has 0 radical (unpaired) electrons. The molecule has 1 N–H and O–H groups in total. The van der Waals surface area contributed by atoms with Crippen LogP contribution in [0.5, 0.6) is 0 Å². The lowest BCUT2D eigenvalue weighted by Gasteiger charge is -2.27. The molecule has 0 unspecified atom stereocenters. The van der Waals surface area contributed by atoms with Crippen molar-refractivity contribution in [2.24, 2.45) is 0 Å². The van der Waals surface area contributed by atoms with Gasteiger partial charge in [-0.15, -0.1) is 0 Å². The predicted molar refractivity (Wildman–Crippen MR) is 96.3 cm³/mol. The lowest BCUT2D eigenvalue weighted by atomic mass is 10.2. The van der Waals surface area contributed by atoms with Crippen LogP contribution in [0.1, 0.15) is 39.7 Å². The highest BCUT2D eigenvalue weighted by atomic mass is 35.5. The van der Waals surface area contributed by atoms with Gasteiger partial charge in [0.1, 0.15) is 5.60 Å². The molecule has 0 aliphatic carbocycles. The molecular formula is C17H26Cl2N2O2. The summed E-state index contributed by atoms with van der Waals surface area (Å²) >= 11 is 12.0. The van der Waals surface area contributed by atoms with Gasteiger partial charge in [0.25, 0.3) is 0 Å². The average molecular weight is 361 g/mol. The Hall–Kier alpha value is -0.970. The molecule has 1 amide bonds. The summed E-state index contributed by atoms with van der Waals surface area (Å²) in [6.45, 7) is 10.2. The zero-order valence-electron chi connectivity index (χ0n) is 14.3. The highest BCUT2D eigenvalue weighted by Crippen LogP contribution is 2.18. The molecular weight excluding hydrogens is 335 g/mol. The number of hydrogen-bond donors (Lipinski definition) is 1. The predicted octanol–water partition coefficient (Wildman–Crippen LogP) is 4.73. The van der Waals surface area contributed by atoms with Gasteiger partial charge in [0.2, 0.25) is 0 Å². The second kappa shape index (κ2) is 9.36. The van der Waals surface area contributed by atoms with Gasteiger partial charge in [0, 0.05) is 36.2 Å². The molecule has 1 aromatic carbocycles. The number of benzene rings is 1. The average Bonchev–Trinajstić information content (AvgIpc) is 2.39. The number of ether oxygens (including phenoxy) is 1. The lowest BCUT2D eigenvalue weighted by molar-refractivity contribution is 0.0252. The summed E-state index contributed by atoms with van der Waals surface area (Å²) in [6, 6.07) is 5.45. The van der Waals surface area contributed by atoms with Crippen LogP contribution in [0.15, 0.2) is 18.2 Å². The molecule has 130 valence electrons. The first-order valence-corrected chi connectivity index (χ1v) is 8.60. The fourth-order valence-electron chi connectivity index (χ4n) is 2.05. The molecule has 0 spiro atoms. The zero-order valence-corrected chi connectivity index (χ0v) is 15.8. The first-order valence-electron chi connectivity index (χ1n) is 7.85. The Morgan fingerprint density at radius 1 is 1.17 bits per heavy atom. The molecule has 0 aromatic heterocycles. The highest BCUT2D eigenvalue weighted by Gasteiger charge is 2.21. The third-order valence-corrected chi connectivity index (χ3v) is 3.39. The lowest BCUT2D eigenvalue weighted by Crippen LogP contribution is -2.40. The standard InChI is InChI=1S/C17H26Cl2N2O2/c1-5-7-21(16(22)23-17(2,3)4)8-6-20-12-13-9-14(18)11-15(19)10-13/h9-11,20H,5-8,12H2,1-4H3. The van der Waals surface area contributed by atoms with Gasteiger partial charge in [0.05, 0.1) is 0 Å². The van der Waals surface area contributed by atoms with Crippen LogP contribution in [0, 0.1) is 0 Å². The zero-order chi connectivity index (χ0) is 17.5. The Kier molecular flexibility index (Phi) is 8.17. The SMILES string of the molecule is CCCN(CCNCc1cc(Cl)cc(Cl)c1)C(=O)OC(C)(C)C. The van der Waals surface area contributed by atoms with Crippen LogP contribution in [0.25, 0.3) is 0 Å². The number of carbonyl (C=O) groups is 1. The van der Waals surface area contributed by atoms with E-state index >= 15 is 0 Å². The fraction of sp³-hybridized carbons (Fsp3) is 0.588. The van der Waals surface area contributed by atoms with Crippen molar-refractivity contribution in [1.29, 1.82) is 0 Å². The van der Waals surface area contributed by atoms with Crippen molar-refractivity contribution in [2.45, 2.75) is 46.3 Å². The maximum absolute atomic E-state index is 12.1. The van der Waals surface area contributed by atoms with E-state index in [1.165, 1.54) is 0 Å². The molecule has 0 saturated carbocycles. The topological polar surface area (TPSA) is 41.6 Å². The molecule has 0 aliphatic rings. The minimum atomic E-state index is -0.478. The number of carbonyl (C=O) groups excluding carboxylic acids is 1. The monoisotopic (exact) mass is 360 g/mol. The van der Waals surface area contributed by atoms with Gasteiger partial charge in [-0.25, -0.2) is 4.79 Å². The van der Waals surface area contributed by atoms with E-state index < -0.39 is 5.60 Å².